The number of isocyanates is 1. The Bertz CT molecular complexity index is 512. The summed E-state index contributed by atoms with van der Waals surface area (Å²) in [5.41, 5.74) is 0.656. The van der Waals surface area contributed by atoms with E-state index in [2.05, 4.69) is 15.2 Å². The molecule has 0 bridgehead atoms. The molecule has 0 aliphatic carbocycles. The summed E-state index contributed by atoms with van der Waals surface area (Å²) in [6.07, 6.45) is 1.46. The van der Waals surface area contributed by atoms with Crippen LogP contribution in [0.1, 0.15) is 0 Å². The molecule has 5 nitrogen and oxygen atoms in total. The molecular weight excluding hydrogens is 182 g/mol. The summed E-state index contributed by atoms with van der Waals surface area (Å²) in [6, 6.07) is 5.40. The molecule has 0 fully saturated rings. The lowest BCUT2D eigenvalue weighted by Gasteiger charge is -1.97. The first-order chi connectivity index (χ1) is 6.86. The van der Waals surface area contributed by atoms with E-state index in [1.54, 1.807) is 25.3 Å². The molecule has 1 heterocycles. The lowest BCUT2D eigenvalue weighted by Crippen LogP contribution is -1.83. The van der Waals surface area contributed by atoms with Gasteiger partial charge in [0.1, 0.15) is 11.3 Å². The standard InChI is InChI=1S/C9H7N3O2/c1-14-7-4-2-3-6-8(7)11-12-9(6)10-5-13/h2-4H,1H3,(H,11,12). The van der Waals surface area contributed by atoms with Crippen LogP contribution in [0.15, 0.2) is 23.2 Å². The molecule has 0 spiro atoms. The van der Waals surface area contributed by atoms with Crippen molar-refractivity contribution in [3.8, 4) is 5.75 Å². The van der Waals surface area contributed by atoms with E-state index in [0.717, 1.165) is 5.39 Å². The van der Waals surface area contributed by atoms with E-state index in [0.29, 0.717) is 17.1 Å². The molecule has 0 unspecified atom stereocenters. The van der Waals surface area contributed by atoms with E-state index < -0.39 is 0 Å². The number of nitrogens with zero attached hydrogens (tertiary/aromatic N) is 2. The van der Waals surface area contributed by atoms with Crippen LogP contribution in [0.5, 0.6) is 5.75 Å². The number of rotatable bonds is 2. The molecule has 2 rings (SSSR count). The fourth-order valence-electron chi connectivity index (χ4n) is 1.29. The molecule has 0 aliphatic heterocycles. The number of ether oxygens (including phenoxy) is 1. The van der Waals surface area contributed by atoms with Crippen molar-refractivity contribution in [1.29, 1.82) is 0 Å². The smallest absolute Gasteiger partial charge is 0.242 e. The maximum absolute atomic E-state index is 10.1. The lowest BCUT2D eigenvalue weighted by atomic mass is 10.2. The number of aliphatic imine (C=N–C) groups is 1. The Balaban J connectivity index is 2.75. The summed E-state index contributed by atoms with van der Waals surface area (Å²) in [6.45, 7) is 0. The van der Waals surface area contributed by atoms with Gasteiger partial charge >= 0.3 is 0 Å². The largest absolute Gasteiger partial charge is 0.494 e. The van der Waals surface area contributed by atoms with Gasteiger partial charge in [-0.25, -0.2) is 4.79 Å². The van der Waals surface area contributed by atoms with Gasteiger partial charge in [0.25, 0.3) is 0 Å². The summed E-state index contributed by atoms with van der Waals surface area (Å²) in [5, 5.41) is 7.36. The Hall–Kier alpha value is -2.13. The molecule has 0 amide bonds. The van der Waals surface area contributed by atoms with Gasteiger partial charge in [-0.1, -0.05) is 6.07 Å². The second-order valence-corrected chi connectivity index (χ2v) is 2.63. The summed E-state index contributed by atoms with van der Waals surface area (Å²) in [4.78, 5) is 13.6. The number of benzene rings is 1. The van der Waals surface area contributed by atoms with E-state index in [1.165, 1.54) is 6.08 Å². The topological polar surface area (TPSA) is 67.3 Å². The van der Waals surface area contributed by atoms with Gasteiger partial charge in [0.15, 0.2) is 5.82 Å². The molecule has 14 heavy (non-hydrogen) atoms. The van der Waals surface area contributed by atoms with Gasteiger partial charge in [0.05, 0.1) is 12.5 Å². The van der Waals surface area contributed by atoms with Crippen molar-refractivity contribution in [2.24, 2.45) is 4.99 Å². The maximum Gasteiger partial charge on any atom is 0.242 e. The van der Waals surface area contributed by atoms with Gasteiger partial charge in [-0.2, -0.15) is 5.10 Å². The molecular formula is C9H7N3O2. The first-order valence-corrected chi connectivity index (χ1v) is 3.95. The summed E-state index contributed by atoms with van der Waals surface area (Å²) >= 11 is 0. The highest BCUT2D eigenvalue weighted by Gasteiger charge is 2.07. The third-order valence-electron chi connectivity index (χ3n) is 1.91. The summed E-state index contributed by atoms with van der Waals surface area (Å²) < 4.78 is 5.10. The molecule has 0 saturated heterocycles. The van der Waals surface area contributed by atoms with Crippen LogP contribution in [0.3, 0.4) is 0 Å². The minimum Gasteiger partial charge on any atom is -0.494 e. The van der Waals surface area contributed by atoms with E-state index in [1.807, 2.05) is 0 Å². The van der Waals surface area contributed by atoms with Crippen LogP contribution in [0.2, 0.25) is 0 Å². The minimum absolute atomic E-state index is 0.397. The van der Waals surface area contributed by atoms with Crippen LogP contribution >= 0.6 is 0 Å². The third-order valence-corrected chi connectivity index (χ3v) is 1.91. The monoisotopic (exact) mass is 189 g/mol. The van der Waals surface area contributed by atoms with Gasteiger partial charge in [-0.3, -0.25) is 5.10 Å². The zero-order valence-corrected chi connectivity index (χ0v) is 7.44. The van der Waals surface area contributed by atoms with Crippen LogP contribution in [0, 0.1) is 0 Å². The summed E-state index contributed by atoms with van der Waals surface area (Å²) in [7, 11) is 1.56. The van der Waals surface area contributed by atoms with Gasteiger partial charge in [0, 0.05) is 0 Å². The predicted octanol–water partition coefficient (Wildman–Crippen LogP) is 1.54. The molecule has 0 aliphatic rings. The van der Waals surface area contributed by atoms with Crippen molar-refractivity contribution in [2.75, 3.05) is 7.11 Å². The van der Waals surface area contributed by atoms with Crippen LogP contribution < -0.4 is 4.74 Å². The van der Waals surface area contributed by atoms with Crippen LogP contribution in [-0.2, 0) is 4.79 Å². The quantitative estimate of drug-likeness (QED) is 0.575. The predicted molar refractivity (Wildman–Crippen MR) is 50.4 cm³/mol. The molecule has 1 aromatic heterocycles. The van der Waals surface area contributed by atoms with Crippen molar-refractivity contribution >= 4 is 22.8 Å². The van der Waals surface area contributed by atoms with Crippen molar-refractivity contribution < 1.29 is 9.53 Å². The van der Waals surface area contributed by atoms with E-state index in [9.17, 15) is 4.79 Å². The number of aromatic nitrogens is 2. The molecule has 0 radical (unpaired) electrons. The zero-order valence-electron chi connectivity index (χ0n) is 7.44. The lowest BCUT2D eigenvalue weighted by molar-refractivity contribution is 0.419. The highest BCUT2D eigenvalue weighted by molar-refractivity contribution is 5.92. The summed E-state index contributed by atoms with van der Waals surface area (Å²) in [5.74, 6) is 1.04. The van der Waals surface area contributed by atoms with Crippen LogP contribution in [-0.4, -0.2) is 23.4 Å². The van der Waals surface area contributed by atoms with E-state index in [-0.39, 0.29) is 0 Å². The van der Waals surface area contributed by atoms with Crippen molar-refractivity contribution in [2.45, 2.75) is 0 Å². The Morgan fingerprint density at radius 1 is 1.57 bits per heavy atom. The van der Waals surface area contributed by atoms with Gasteiger partial charge in [-0.15, -0.1) is 4.99 Å². The highest BCUT2D eigenvalue weighted by Crippen LogP contribution is 2.29. The fourth-order valence-corrected chi connectivity index (χ4v) is 1.29. The van der Waals surface area contributed by atoms with Gasteiger partial charge in [-0.05, 0) is 12.1 Å². The minimum atomic E-state index is 0.397. The number of carbonyl (C=O) groups excluding carboxylic acids is 1. The number of fused-ring (bicyclic) bond motifs is 1. The average molecular weight is 189 g/mol. The zero-order chi connectivity index (χ0) is 9.97. The van der Waals surface area contributed by atoms with Crippen molar-refractivity contribution in [1.82, 2.24) is 10.2 Å². The first-order valence-electron chi connectivity index (χ1n) is 3.95. The molecule has 5 heteroatoms. The second kappa shape index (κ2) is 3.32. The number of hydrogen-bond donors (Lipinski definition) is 1. The Morgan fingerprint density at radius 3 is 3.14 bits per heavy atom. The average Bonchev–Trinajstić information content (AvgIpc) is 2.62. The van der Waals surface area contributed by atoms with Gasteiger partial charge < -0.3 is 4.74 Å². The molecule has 2 aromatic rings. The normalized spacial score (nSPS) is 9.79. The van der Waals surface area contributed by atoms with Crippen molar-refractivity contribution in [3.05, 3.63) is 18.2 Å². The maximum atomic E-state index is 10.1. The van der Waals surface area contributed by atoms with Crippen molar-refractivity contribution in [3.63, 3.8) is 0 Å². The molecule has 1 N–H and O–H groups in total. The number of H-pyrrole nitrogens is 1. The number of hydrogen-bond acceptors (Lipinski definition) is 4. The highest BCUT2D eigenvalue weighted by atomic mass is 16.5. The Morgan fingerprint density at radius 2 is 2.43 bits per heavy atom. The Labute approximate surface area is 79.4 Å². The second-order valence-electron chi connectivity index (χ2n) is 2.63. The molecule has 70 valence electrons. The van der Waals surface area contributed by atoms with Crippen LogP contribution in [0.4, 0.5) is 5.82 Å². The molecule has 0 atom stereocenters. The SMILES string of the molecule is COc1cccc2c(N=C=O)[nH]nc12. The number of methoxy groups -OCH3 is 1. The molecule has 1 aromatic carbocycles. The van der Waals surface area contributed by atoms with Crippen LogP contribution in [0.25, 0.3) is 10.9 Å². The Kier molecular flexibility index (Phi) is 2.01. The van der Waals surface area contributed by atoms with E-state index in [4.69, 9.17) is 4.74 Å². The van der Waals surface area contributed by atoms with Gasteiger partial charge in [0.2, 0.25) is 6.08 Å². The number of nitrogens with one attached hydrogen (secondary N) is 1. The number of aromatic amines is 1. The van der Waals surface area contributed by atoms with E-state index >= 15 is 0 Å². The fraction of sp³-hybridized carbons (Fsp3) is 0.111. The number of para-hydroxylation sites is 1. The molecule has 0 saturated carbocycles. The first kappa shape index (κ1) is 8.47. The third kappa shape index (κ3) is 1.16.